The molecule has 1 aromatic heterocycles. The van der Waals surface area contributed by atoms with Crippen molar-refractivity contribution in [3.8, 4) is 0 Å². The van der Waals surface area contributed by atoms with E-state index in [9.17, 15) is 20.1 Å². The van der Waals surface area contributed by atoms with E-state index in [1.807, 2.05) is 0 Å². The fourth-order valence-corrected chi connectivity index (χ4v) is 1.17. The Labute approximate surface area is 90.6 Å². The Kier molecular flexibility index (Phi) is 3.84. The molecule has 16 heavy (non-hydrogen) atoms. The maximum atomic E-state index is 11.1. The van der Waals surface area contributed by atoms with Crippen molar-refractivity contribution < 1.29 is 19.3 Å². The van der Waals surface area contributed by atoms with E-state index in [1.165, 1.54) is 25.4 Å². The Morgan fingerprint density at radius 3 is 2.94 bits per heavy atom. The number of furan rings is 1. The van der Waals surface area contributed by atoms with E-state index in [0.717, 1.165) is 0 Å². The number of nitrogens with zero attached hydrogens (tertiary/aromatic N) is 2. The summed E-state index contributed by atoms with van der Waals surface area (Å²) >= 11 is 0. The lowest BCUT2D eigenvalue weighted by Crippen LogP contribution is -2.40. The standard InChI is InChI=1S/C8H11N3O5/c1-9-8(12)11(15)6(5-10(13)14)7-3-2-4-16-7/h2-4,6,15H,5H2,1H3,(H,9,12)/t6-/m1/s1. The van der Waals surface area contributed by atoms with E-state index < -0.39 is 23.5 Å². The minimum Gasteiger partial charge on any atom is -0.467 e. The van der Waals surface area contributed by atoms with Crippen LogP contribution in [0, 0.1) is 10.1 Å². The number of hydroxylamine groups is 2. The molecule has 8 nitrogen and oxygen atoms in total. The average molecular weight is 229 g/mol. The second-order valence-electron chi connectivity index (χ2n) is 2.95. The molecular weight excluding hydrogens is 218 g/mol. The normalized spacial score (nSPS) is 11.9. The van der Waals surface area contributed by atoms with Gasteiger partial charge in [-0.25, -0.2) is 4.79 Å². The molecule has 2 amide bonds. The van der Waals surface area contributed by atoms with Gasteiger partial charge in [-0.05, 0) is 12.1 Å². The average Bonchev–Trinajstić information content (AvgIpc) is 2.76. The largest absolute Gasteiger partial charge is 0.467 e. The first-order valence-corrected chi connectivity index (χ1v) is 4.41. The van der Waals surface area contributed by atoms with Crippen LogP contribution in [-0.4, -0.2) is 34.8 Å². The number of hydrogen-bond acceptors (Lipinski definition) is 5. The molecule has 0 fully saturated rings. The van der Waals surface area contributed by atoms with E-state index in [4.69, 9.17) is 4.42 Å². The second kappa shape index (κ2) is 5.12. The van der Waals surface area contributed by atoms with Crippen molar-refractivity contribution >= 4 is 6.03 Å². The number of carbonyl (C=O) groups is 1. The molecule has 0 bridgehead atoms. The molecular formula is C8H11N3O5. The van der Waals surface area contributed by atoms with E-state index in [-0.39, 0.29) is 10.8 Å². The number of carbonyl (C=O) groups excluding carboxylic acids is 1. The van der Waals surface area contributed by atoms with Gasteiger partial charge >= 0.3 is 6.03 Å². The fraction of sp³-hybridized carbons (Fsp3) is 0.375. The highest BCUT2D eigenvalue weighted by Gasteiger charge is 2.30. The number of nitro groups is 1. The quantitative estimate of drug-likeness (QED) is 0.447. The fourth-order valence-electron chi connectivity index (χ4n) is 1.17. The van der Waals surface area contributed by atoms with E-state index in [1.54, 1.807) is 0 Å². The van der Waals surface area contributed by atoms with Crippen LogP contribution in [0.25, 0.3) is 0 Å². The van der Waals surface area contributed by atoms with Crippen molar-refractivity contribution in [2.75, 3.05) is 13.6 Å². The van der Waals surface area contributed by atoms with E-state index in [2.05, 4.69) is 5.32 Å². The van der Waals surface area contributed by atoms with Crippen molar-refractivity contribution in [3.05, 3.63) is 34.3 Å². The topological polar surface area (TPSA) is 109 Å². The van der Waals surface area contributed by atoms with Crippen LogP contribution in [0.15, 0.2) is 22.8 Å². The molecule has 0 aliphatic heterocycles. The van der Waals surface area contributed by atoms with Crippen molar-refractivity contribution in [3.63, 3.8) is 0 Å². The third kappa shape index (κ3) is 2.70. The number of urea groups is 1. The molecule has 0 aliphatic carbocycles. The molecule has 8 heteroatoms. The van der Waals surface area contributed by atoms with Gasteiger partial charge in [-0.3, -0.25) is 15.3 Å². The maximum absolute atomic E-state index is 11.1. The summed E-state index contributed by atoms with van der Waals surface area (Å²) in [6.07, 6.45) is 1.31. The van der Waals surface area contributed by atoms with Crippen molar-refractivity contribution in [2.24, 2.45) is 0 Å². The van der Waals surface area contributed by atoms with Crippen LogP contribution in [0.4, 0.5) is 4.79 Å². The minimum atomic E-state index is -1.15. The molecule has 1 rings (SSSR count). The van der Waals surface area contributed by atoms with Crippen molar-refractivity contribution in [2.45, 2.75) is 6.04 Å². The highest BCUT2D eigenvalue weighted by Crippen LogP contribution is 2.19. The first kappa shape index (κ1) is 12.0. The molecule has 0 saturated heterocycles. The van der Waals surface area contributed by atoms with Crippen LogP contribution < -0.4 is 5.32 Å². The molecule has 88 valence electrons. The third-order valence-electron chi connectivity index (χ3n) is 1.91. The lowest BCUT2D eigenvalue weighted by atomic mass is 10.2. The minimum absolute atomic E-state index is 0.141. The molecule has 1 atom stereocenters. The van der Waals surface area contributed by atoms with Crippen LogP contribution in [0.2, 0.25) is 0 Å². The SMILES string of the molecule is CNC(=O)N(O)[C@H](C[N+](=O)[O-])c1ccco1. The molecule has 1 aromatic rings. The van der Waals surface area contributed by atoms with Gasteiger partial charge in [-0.15, -0.1) is 0 Å². The number of amides is 2. The van der Waals surface area contributed by atoms with Crippen LogP contribution in [0.1, 0.15) is 11.8 Å². The Morgan fingerprint density at radius 2 is 2.50 bits per heavy atom. The number of hydrogen-bond donors (Lipinski definition) is 2. The Morgan fingerprint density at radius 1 is 1.81 bits per heavy atom. The predicted molar refractivity (Wildman–Crippen MR) is 51.4 cm³/mol. The summed E-state index contributed by atoms with van der Waals surface area (Å²) in [6.45, 7) is -0.641. The highest BCUT2D eigenvalue weighted by atomic mass is 16.6. The Bertz CT molecular complexity index is 364. The zero-order valence-corrected chi connectivity index (χ0v) is 8.49. The summed E-state index contributed by atoms with van der Waals surface area (Å²) in [5.41, 5.74) is 0. The first-order valence-electron chi connectivity index (χ1n) is 4.41. The van der Waals surface area contributed by atoms with Gasteiger partial charge in [0.05, 0.1) is 6.26 Å². The molecule has 2 N–H and O–H groups in total. The summed E-state index contributed by atoms with van der Waals surface area (Å²) < 4.78 is 4.93. The molecule has 0 unspecified atom stereocenters. The van der Waals surface area contributed by atoms with Crippen LogP contribution in [0.5, 0.6) is 0 Å². The summed E-state index contributed by atoms with van der Waals surface area (Å²) in [5.74, 6) is 0.141. The maximum Gasteiger partial charge on any atom is 0.341 e. The second-order valence-corrected chi connectivity index (χ2v) is 2.95. The molecule has 0 spiro atoms. The Hall–Kier alpha value is -2.09. The van der Waals surface area contributed by atoms with E-state index in [0.29, 0.717) is 0 Å². The van der Waals surface area contributed by atoms with Gasteiger partial charge < -0.3 is 9.73 Å². The van der Waals surface area contributed by atoms with Gasteiger partial charge in [0, 0.05) is 12.0 Å². The predicted octanol–water partition coefficient (Wildman–Crippen LogP) is 0.628. The zero-order chi connectivity index (χ0) is 12.1. The zero-order valence-electron chi connectivity index (χ0n) is 8.49. The molecule has 1 heterocycles. The molecule has 0 aliphatic rings. The molecule has 0 aromatic carbocycles. The van der Waals surface area contributed by atoms with Gasteiger partial charge in [-0.2, -0.15) is 5.06 Å². The van der Waals surface area contributed by atoms with Gasteiger partial charge in [0.1, 0.15) is 5.76 Å². The summed E-state index contributed by atoms with van der Waals surface area (Å²) in [7, 11) is 1.30. The summed E-state index contributed by atoms with van der Waals surface area (Å²) in [5, 5.41) is 22.3. The van der Waals surface area contributed by atoms with Gasteiger partial charge in [-0.1, -0.05) is 0 Å². The Balaban J connectivity index is 2.87. The van der Waals surface area contributed by atoms with Gasteiger partial charge in [0.15, 0.2) is 6.04 Å². The van der Waals surface area contributed by atoms with Crippen LogP contribution in [0.3, 0.4) is 0 Å². The third-order valence-corrected chi connectivity index (χ3v) is 1.91. The molecule has 0 radical (unpaired) electrons. The highest BCUT2D eigenvalue weighted by molar-refractivity contribution is 5.72. The van der Waals surface area contributed by atoms with Crippen LogP contribution in [-0.2, 0) is 0 Å². The van der Waals surface area contributed by atoms with Gasteiger partial charge in [0.2, 0.25) is 6.54 Å². The number of nitrogens with one attached hydrogen (secondary N) is 1. The van der Waals surface area contributed by atoms with E-state index >= 15 is 0 Å². The monoisotopic (exact) mass is 229 g/mol. The first-order chi connectivity index (χ1) is 7.56. The van der Waals surface area contributed by atoms with Crippen molar-refractivity contribution in [1.82, 2.24) is 10.4 Å². The smallest absolute Gasteiger partial charge is 0.341 e. The van der Waals surface area contributed by atoms with Gasteiger partial charge in [0.25, 0.3) is 0 Å². The lowest BCUT2D eigenvalue weighted by molar-refractivity contribution is -0.491. The van der Waals surface area contributed by atoms with Crippen molar-refractivity contribution in [1.29, 1.82) is 0 Å². The van der Waals surface area contributed by atoms with Crippen LogP contribution >= 0.6 is 0 Å². The molecule has 0 saturated carbocycles. The summed E-state index contributed by atoms with van der Waals surface area (Å²) in [4.78, 5) is 20.9. The number of rotatable bonds is 4. The summed E-state index contributed by atoms with van der Waals surface area (Å²) in [6, 6.07) is 0.966. The lowest BCUT2D eigenvalue weighted by Gasteiger charge is -2.20.